The SMILES string of the molecule is O=C(O)CN1CCC2(CCC(C(=O)O)CC2)C1. The Morgan fingerprint density at radius 1 is 1.18 bits per heavy atom. The zero-order chi connectivity index (χ0) is 12.5. The average Bonchev–Trinajstić information content (AvgIpc) is 2.61. The Bertz CT molecular complexity index is 320. The second kappa shape index (κ2) is 4.64. The fourth-order valence-electron chi connectivity index (χ4n) is 3.24. The lowest BCUT2D eigenvalue weighted by atomic mass is 9.70. The Hall–Kier alpha value is -1.10. The predicted molar refractivity (Wildman–Crippen MR) is 60.7 cm³/mol. The minimum Gasteiger partial charge on any atom is -0.481 e. The van der Waals surface area contributed by atoms with Gasteiger partial charge in [-0.05, 0) is 44.1 Å². The van der Waals surface area contributed by atoms with Crippen molar-refractivity contribution >= 4 is 11.9 Å². The first-order valence-electron chi connectivity index (χ1n) is 6.18. The van der Waals surface area contributed by atoms with E-state index in [9.17, 15) is 9.59 Å². The highest BCUT2D eigenvalue weighted by atomic mass is 16.4. The molecule has 2 fully saturated rings. The van der Waals surface area contributed by atoms with Crippen molar-refractivity contribution in [1.82, 2.24) is 4.90 Å². The highest BCUT2D eigenvalue weighted by Crippen LogP contribution is 2.45. The molecule has 0 unspecified atom stereocenters. The molecule has 5 heteroatoms. The molecule has 2 aliphatic rings. The van der Waals surface area contributed by atoms with Crippen LogP contribution in [0.25, 0.3) is 0 Å². The fraction of sp³-hybridized carbons (Fsp3) is 0.833. The van der Waals surface area contributed by atoms with Crippen LogP contribution in [0.2, 0.25) is 0 Å². The maximum absolute atomic E-state index is 10.9. The number of rotatable bonds is 3. The molecule has 1 aliphatic carbocycles. The van der Waals surface area contributed by atoms with E-state index in [1.165, 1.54) is 0 Å². The Kier molecular flexibility index (Phi) is 3.38. The van der Waals surface area contributed by atoms with Crippen molar-refractivity contribution in [3.05, 3.63) is 0 Å². The highest BCUT2D eigenvalue weighted by Gasteiger charge is 2.42. The van der Waals surface area contributed by atoms with Crippen LogP contribution >= 0.6 is 0 Å². The zero-order valence-electron chi connectivity index (χ0n) is 9.89. The first-order valence-corrected chi connectivity index (χ1v) is 6.18. The van der Waals surface area contributed by atoms with Gasteiger partial charge in [0, 0.05) is 6.54 Å². The van der Waals surface area contributed by atoms with E-state index in [0.717, 1.165) is 45.2 Å². The molecule has 0 radical (unpaired) electrons. The molecule has 2 rings (SSSR count). The van der Waals surface area contributed by atoms with Crippen molar-refractivity contribution in [2.75, 3.05) is 19.6 Å². The van der Waals surface area contributed by atoms with Crippen LogP contribution in [-0.4, -0.2) is 46.7 Å². The predicted octanol–water partition coefficient (Wildman–Crippen LogP) is 1.04. The van der Waals surface area contributed by atoms with Gasteiger partial charge in [-0.3, -0.25) is 14.5 Å². The van der Waals surface area contributed by atoms with Crippen molar-refractivity contribution in [3.8, 4) is 0 Å². The van der Waals surface area contributed by atoms with Gasteiger partial charge in [-0.1, -0.05) is 0 Å². The summed E-state index contributed by atoms with van der Waals surface area (Å²) in [6.45, 7) is 1.78. The van der Waals surface area contributed by atoms with Gasteiger partial charge in [0.25, 0.3) is 0 Å². The van der Waals surface area contributed by atoms with E-state index in [4.69, 9.17) is 10.2 Å². The van der Waals surface area contributed by atoms with Crippen LogP contribution in [0.3, 0.4) is 0 Å². The monoisotopic (exact) mass is 241 g/mol. The molecule has 1 heterocycles. The lowest BCUT2D eigenvalue weighted by molar-refractivity contribution is -0.143. The molecule has 5 nitrogen and oxygen atoms in total. The highest BCUT2D eigenvalue weighted by molar-refractivity contribution is 5.70. The summed E-state index contributed by atoms with van der Waals surface area (Å²) in [5.41, 5.74) is 0.196. The molecule has 1 aliphatic heterocycles. The number of carboxylic acid groups (broad SMARTS) is 2. The standard InChI is InChI=1S/C12H19NO4/c14-10(15)7-13-6-5-12(8-13)3-1-9(2-4-12)11(16)17/h9H,1-8H2,(H,14,15)(H,16,17). The molecule has 2 N–H and O–H groups in total. The van der Waals surface area contributed by atoms with Crippen LogP contribution in [0.1, 0.15) is 32.1 Å². The smallest absolute Gasteiger partial charge is 0.317 e. The molecule has 17 heavy (non-hydrogen) atoms. The van der Waals surface area contributed by atoms with Gasteiger partial charge < -0.3 is 10.2 Å². The van der Waals surface area contributed by atoms with E-state index in [1.54, 1.807) is 0 Å². The van der Waals surface area contributed by atoms with Crippen LogP contribution in [0.4, 0.5) is 0 Å². The number of hydrogen-bond acceptors (Lipinski definition) is 3. The van der Waals surface area contributed by atoms with E-state index < -0.39 is 11.9 Å². The lowest BCUT2D eigenvalue weighted by Crippen LogP contribution is -2.35. The molecule has 1 spiro atoms. The number of aliphatic carboxylic acids is 2. The van der Waals surface area contributed by atoms with Crippen molar-refractivity contribution < 1.29 is 19.8 Å². The molecule has 1 saturated carbocycles. The molecule has 0 bridgehead atoms. The van der Waals surface area contributed by atoms with Crippen LogP contribution in [0.5, 0.6) is 0 Å². The summed E-state index contributed by atoms with van der Waals surface area (Å²) in [4.78, 5) is 23.5. The molecule has 0 amide bonds. The van der Waals surface area contributed by atoms with Crippen LogP contribution in [0, 0.1) is 11.3 Å². The zero-order valence-corrected chi connectivity index (χ0v) is 9.89. The van der Waals surface area contributed by atoms with Gasteiger partial charge in [-0.2, -0.15) is 0 Å². The Labute approximate surface area is 100 Å². The summed E-state index contributed by atoms with van der Waals surface area (Å²) in [6, 6.07) is 0. The van der Waals surface area contributed by atoms with E-state index in [0.29, 0.717) is 0 Å². The number of nitrogens with zero attached hydrogens (tertiary/aromatic N) is 1. The Morgan fingerprint density at radius 3 is 2.35 bits per heavy atom. The van der Waals surface area contributed by atoms with Gasteiger partial charge in [0.15, 0.2) is 0 Å². The van der Waals surface area contributed by atoms with Crippen LogP contribution in [0.15, 0.2) is 0 Å². The molecule has 1 saturated heterocycles. The maximum Gasteiger partial charge on any atom is 0.317 e. The maximum atomic E-state index is 10.9. The summed E-state index contributed by atoms with van der Waals surface area (Å²) in [5.74, 6) is -1.64. The minimum absolute atomic E-state index is 0.115. The number of carbonyl (C=O) groups is 2. The number of carboxylic acids is 2. The van der Waals surface area contributed by atoms with Gasteiger partial charge in [0.05, 0.1) is 12.5 Å². The normalized spacial score (nSPS) is 34.0. The van der Waals surface area contributed by atoms with E-state index >= 15 is 0 Å². The van der Waals surface area contributed by atoms with Gasteiger partial charge in [-0.25, -0.2) is 0 Å². The van der Waals surface area contributed by atoms with Crippen molar-refractivity contribution in [2.24, 2.45) is 11.3 Å². The quantitative estimate of drug-likeness (QED) is 0.772. The van der Waals surface area contributed by atoms with Crippen molar-refractivity contribution in [1.29, 1.82) is 0 Å². The molecule has 0 aromatic carbocycles. The van der Waals surface area contributed by atoms with E-state index in [1.807, 2.05) is 4.90 Å². The minimum atomic E-state index is -0.777. The second-order valence-electron chi connectivity index (χ2n) is 5.47. The average molecular weight is 241 g/mol. The molecular formula is C12H19NO4. The van der Waals surface area contributed by atoms with Crippen LogP contribution < -0.4 is 0 Å². The van der Waals surface area contributed by atoms with Gasteiger partial charge in [0.1, 0.15) is 0 Å². The number of likely N-dealkylation sites (tertiary alicyclic amines) is 1. The second-order valence-corrected chi connectivity index (χ2v) is 5.47. The van der Waals surface area contributed by atoms with Gasteiger partial charge >= 0.3 is 11.9 Å². The third-order valence-corrected chi connectivity index (χ3v) is 4.27. The van der Waals surface area contributed by atoms with Crippen molar-refractivity contribution in [3.63, 3.8) is 0 Å². The Morgan fingerprint density at radius 2 is 1.82 bits per heavy atom. The fourth-order valence-corrected chi connectivity index (χ4v) is 3.24. The lowest BCUT2D eigenvalue weighted by Gasteiger charge is -2.35. The largest absolute Gasteiger partial charge is 0.481 e. The summed E-state index contributed by atoms with van der Waals surface area (Å²) < 4.78 is 0. The van der Waals surface area contributed by atoms with Gasteiger partial charge in [-0.15, -0.1) is 0 Å². The molecular weight excluding hydrogens is 222 g/mol. The topological polar surface area (TPSA) is 77.8 Å². The molecule has 0 atom stereocenters. The number of hydrogen-bond donors (Lipinski definition) is 2. The third kappa shape index (κ3) is 2.77. The molecule has 0 aromatic heterocycles. The Balaban J connectivity index is 1.87. The molecule has 96 valence electrons. The summed E-state index contributed by atoms with van der Waals surface area (Å²) in [7, 11) is 0. The van der Waals surface area contributed by atoms with Gasteiger partial charge in [0.2, 0.25) is 0 Å². The van der Waals surface area contributed by atoms with E-state index in [-0.39, 0.29) is 17.9 Å². The van der Waals surface area contributed by atoms with E-state index in [2.05, 4.69) is 0 Å². The van der Waals surface area contributed by atoms with Crippen molar-refractivity contribution in [2.45, 2.75) is 32.1 Å². The first kappa shape index (κ1) is 12.4. The summed E-state index contributed by atoms with van der Waals surface area (Å²) in [6.07, 6.45) is 4.37. The third-order valence-electron chi connectivity index (χ3n) is 4.27. The summed E-state index contributed by atoms with van der Waals surface area (Å²) in [5, 5.41) is 17.7. The van der Waals surface area contributed by atoms with Crippen LogP contribution in [-0.2, 0) is 9.59 Å². The molecule has 0 aromatic rings. The summed E-state index contributed by atoms with van der Waals surface area (Å²) >= 11 is 0. The first-order chi connectivity index (χ1) is 8.01.